The molecular weight excluding hydrogens is 322 g/mol. The van der Waals surface area contributed by atoms with E-state index in [0.29, 0.717) is 5.92 Å². The van der Waals surface area contributed by atoms with Gasteiger partial charge < -0.3 is 9.64 Å². The van der Waals surface area contributed by atoms with Crippen LogP contribution >= 0.6 is 23.4 Å². The fourth-order valence-corrected chi connectivity index (χ4v) is 3.48. The van der Waals surface area contributed by atoms with Crippen LogP contribution in [0.1, 0.15) is 33.6 Å². The molecule has 0 N–H and O–H groups in total. The Kier molecular flexibility index (Phi) is 5.92. The summed E-state index contributed by atoms with van der Waals surface area (Å²) in [6.07, 6.45) is 3.57. The molecule has 122 valence electrons. The minimum atomic E-state index is -0.448. The van der Waals surface area contributed by atoms with Gasteiger partial charge in [-0.2, -0.15) is 0 Å². The van der Waals surface area contributed by atoms with Crippen molar-refractivity contribution < 1.29 is 9.53 Å². The van der Waals surface area contributed by atoms with Crippen molar-refractivity contribution in [1.29, 1.82) is 0 Å². The minimum absolute atomic E-state index is 0.215. The summed E-state index contributed by atoms with van der Waals surface area (Å²) in [5.41, 5.74) is -0.448. The monoisotopic (exact) mass is 343 g/mol. The highest BCUT2D eigenvalue weighted by Crippen LogP contribution is 2.26. The fraction of sp³-hybridized carbons (Fsp3) is 0.667. The summed E-state index contributed by atoms with van der Waals surface area (Å²) >= 11 is 7.44. The first-order chi connectivity index (χ1) is 10.3. The molecule has 2 heterocycles. The summed E-state index contributed by atoms with van der Waals surface area (Å²) in [4.78, 5) is 22.0. The predicted molar refractivity (Wildman–Crippen MR) is 88.3 cm³/mol. The predicted octanol–water partition coefficient (Wildman–Crippen LogP) is 3.87. The first kappa shape index (κ1) is 17.3. The standard InChI is InChI=1S/C15H22ClN3O2S/c1-15(2,3)21-14(20)19-8-4-5-11(9-19)10-22-12-6-7-17-13(16)18-12/h6-7,11H,4-5,8-10H2,1-3H3. The van der Waals surface area contributed by atoms with Crippen LogP contribution in [0.4, 0.5) is 4.79 Å². The van der Waals surface area contributed by atoms with Gasteiger partial charge in [0.05, 0.1) is 0 Å². The number of likely N-dealkylation sites (tertiary alicyclic amines) is 1. The number of aromatic nitrogens is 2. The van der Waals surface area contributed by atoms with Crippen molar-refractivity contribution in [3.05, 3.63) is 17.5 Å². The van der Waals surface area contributed by atoms with Crippen molar-refractivity contribution in [3.8, 4) is 0 Å². The van der Waals surface area contributed by atoms with Crippen LogP contribution in [0.2, 0.25) is 5.28 Å². The lowest BCUT2D eigenvalue weighted by molar-refractivity contribution is 0.0177. The van der Waals surface area contributed by atoms with Gasteiger partial charge in [0.2, 0.25) is 5.28 Å². The second-order valence-electron chi connectivity index (χ2n) is 6.41. The summed E-state index contributed by atoms with van der Waals surface area (Å²) < 4.78 is 5.45. The maximum atomic E-state index is 12.1. The van der Waals surface area contributed by atoms with Gasteiger partial charge in [-0.3, -0.25) is 0 Å². The number of halogens is 1. The number of hydrogen-bond donors (Lipinski definition) is 0. The number of thioether (sulfide) groups is 1. The summed E-state index contributed by atoms with van der Waals surface area (Å²) in [5.74, 6) is 1.35. The van der Waals surface area contributed by atoms with Crippen molar-refractivity contribution in [2.45, 2.75) is 44.2 Å². The molecule has 0 saturated carbocycles. The summed E-state index contributed by atoms with van der Waals surface area (Å²) in [7, 11) is 0. The highest BCUT2D eigenvalue weighted by molar-refractivity contribution is 7.99. The number of carbonyl (C=O) groups is 1. The first-order valence-electron chi connectivity index (χ1n) is 7.43. The van der Waals surface area contributed by atoms with Gasteiger partial charge in [0.25, 0.3) is 0 Å². The third-order valence-electron chi connectivity index (χ3n) is 3.24. The molecule has 5 nitrogen and oxygen atoms in total. The quantitative estimate of drug-likeness (QED) is 0.473. The molecule has 1 aliphatic rings. The van der Waals surface area contributed by atoms with Gasteiger partial charge in [-0.25, -0.2) is 14.8 Å². The van der Waals surface area contributed by atoms with E-state index in [1.807, 2.05) is 31.7 Å². The topological polar surface area (TPSA) is 55.3 Å². The minimum Gasteiger partial charge on any atom is -0.444 e. The molecule has 1 aromatic heterocycles. The normalized spacial score (nSPS) is 19.1. The van der Waals surface area contributed by atoms with E-state index >= 15 is 0 Å². The highest BCUT2D eigenvalue weighted by Gasteiger charge is 2.27. The SMILES string of the molecule is CC(C)(C)OC(=O)N1CCCC(CSc2ccnc(Cl)n2)C1. The summed E-state index contributed by atoms with van der Waals surface area (Å²) in [5, 5.41) is 1.14. The Morgan fingerprint density at radius 3 is 3.00 bits per heavy atom. The maximum absolute atomic E-state index is 12.1. The van der Waals surface area contributed by atoms with E-state index in [1.165, 1.54) is 0 Å². The van der Waals surface area contributed by atoms with E-state index in [0.717, 1.165) is 36.7 Å². The average molecular weight is 344 g/mol. The molecule has 0 bridgehead atoms. The van der Waals surface area contributed by atoms with Crippen molar-refractivity contribution in [1.82, 2.24) is 14.9 Å². The van der Waals surface area contributed by atoms with E-state index in [9.17, 15) is 4.79 Å². The van der Waals surface area contributed by atoms with Gasteiger partial charge in [-0.1, -0.05) is 0 Å². The second kappa shape index (κ2) is 7.51. The molecule has 0 aromatic carbocycles. The molecule has 1 atom stereocenters. The molecule has 0 radical (unpaired) electrons. The molecule has 0 aliphatic carbocycles. The first-order valence-corrected chi connectivity index (χ1v) is 8.79. The molecule has 1 fully saturated rings. The molecule has 2 rings (SSSR count). The second-order valence-corrected chi connectivity index (χ2v) is 7.79. The number of amides is 1. The van der Waals surface area contributed by atoms with Crippen LogP contribution in [-0.4, -0.2) is 45.4 Å². The van der Waals surface area contributed by atoms with E-state index in [4.69, 9.17) is 16.3 Å². The van der Waals surface area contributed by atoms with Crippen LogP contribution in [0.25, 0.3) is 0 Å². The maximum Gasteiger partial charge on any atom is 0.410 e. The van der Waals surface area contributed by atoms with E-state index in [2.05, 4.69) is 9.97 Å². The number of hydrogen-bond acceptors (Lipinski definition) is 5. The van der Waals surface area contributed by atoms with E-state index in [1.54, 1.807) is 18.0 Å². The van der Waals surface area contributed by atoms with Gasteiger partial charge in [-0.15, -0.1) is 11.8 Å². The largest absolute Gasteiger partial charge is 0.444 e. The van der Waals surface area contributed by atoms with E-state index < -0.39 is 5.60 Å². The molecule has 22 heavy (non-hydrogen) atoms. The number of ether oxygens (including phenoxy) is 1. The van der Waals surface area contributed by atoms with Crippen molar-refractivity contribution >= 4 is 29.5 Å². The Balaban J connectivity index is 1.84. The smallest absolute Gasteiger partial charge is 0.410 e. The highest BCUT2D eigenvalue weighted by atomic mass is 35.5. The van der Waals surface area contributed by atoms with Crippen LogP contribution in [-0.2, 0) is 4.74 Å². The van der Waals surface area contributed by atoms with Crippen LogP contribution in [0, 0.1) is 5.92 Å². The number of carbonyl (C=O) groups excluding carboxylic acids is 1. The molecule has 1 aromatic rings. The Morgan fingerprint density at radius 2 is 2.32 bits per heavy atom. The third-order valence-corrected chi connectivity index (χ3v) is 4.58. The van der Waals surface area contributed by atoms with Gasteiger partial charge in [0.15, 0.2) is 0 Å². The number of piperidine rings is 1. The van der Waals surface area contributed by atoms with Gasteiger partial charge in [-0.05, 0) is 57.2 Å². The zero-order valence-corrected chi connectivity index (χ0v) is 14.8. The van der Waals surface area contributed by atoms with Gasteiger partial charge in [0.1, 0.15) is 10.6 Å². The van der Waals surface area contributed by atoms with Gasteiger partial charge in [0, 0.05) is 25.0 Å². The lowest BCUT2D eigenvalue weighted by Crippen LogP contribution is -2.43. The Bertz CT molecular complexity index is 522. The zero-order valence-electron chi connectivity index (χ0n) is 13.2. The molecule has 1 unspecified atom stereocenters. The lowest BCUT2D eigenvalue weighted by Gasteiger charge is -2.34. The third kappa shape index (κ3) is 5.65. The zero-order chi connectivity index (χ0) is 16.2. The molecule has 0 spiro atoms. The molecule has 7 heteroatoms. The Hall–Kier alpha value is -1.01. The number of rotatable bonds is 3. The number of nitrogens with zero attached hydrogens (tertiary/aromatic N) is 3. The average Bonchev–Trinajstić information content (AvgIpc) is 2.44. The van der Waals surface area contributed by atoms with E-state index in [-0.39, 0.29) is 11.4 Å². The molecule has 1 aliphatic heterocycles. The molecule has 1 amide bonds. The van der Waals surface area contributed by atoms with Crippen LogP contribution < -0.4 is 0 Å². The fourth-order valence-electron chi connectivity index (χ4n) is 2.30. The Labute approximate surface area is 140 Å². The van der Waals surface area contributed by atoms with Crippen molar-refractivity contribution in [2.75, 3.05) is 18.8 Å². The van der Waals surface area contributed by atoms with Crippen molar-refractivity contribution in [3.63, 3.8) is 0 Å². The lowest BCUT2D eigenvalue weighted by atomic mass is 10.0. The Morgan fingerprint density at radius 1 is 1.55 bits per heavy atom. The van der Waals surface area contributed by atoms with Crippen LogP contribution in [0.3, 0.4) is 0 Å². The molecule has 1 saturated heterocycles. The van der Waals surface area contributed by atoms with Crippen LogP contribution in [0.5, 0.6) is 0 Å². The van der Waals surface area contributed by atoms with Gasteiger partial charge >= 0.3 is 6.09 Å². The summed E-state index contributed by atoms with van der Waals surface area (Å²) in [6.45, 7) is 7.18. The molecular formula is C15H22ClN3O2S. The van der Waals surface area contributed by atoms with Crippen LogP contribution in [0.15, 0.2) is 17.3 Å². The van der Waals surface area contributed by atoms with Crippen molar-refractivity contribution in [2.24, 2.45) is 5.92 Å². The summed E-state index contributed by atoms with van der Waals surface area (Å²) in [6, 6.07) is 1.85.